The highest BCUT2D eigenvalue weighted by molar-refractivity contribution is 7.85. The van der Waals surface area contributed by atoms with Crippen molar-refractivity contribution in [3.63, 3.8) is 0 Å². The predicted molar refractivity (Wildman–Crippen MR) is 50.8 cm³/mol. The van der Waals surface area contributed by atoms with Crippen molar-refractivity contribution in [3.8, 4) is 0 Å². The standard InChI is InChI=1S/C3H6O3S2.CH5N3/c4-8(5,6)3-1-2-7;2-1(3)4/h2H,1,3H2,(H,4,5,6);(H5,2,3,4). The first-order valence-corrected chi connectivity index (χ1v) is 4.86. The van der Waals surface area contributed by atoms with Crippen LogP contribution in [0.4, 0.5) is 0 Å². The first kappa shape index (κ1) is 13.8. The van der Waals surface area contributed by atoms with Crippen LogP contribution in [0.3, 0.4) is 0 Å². The summed E-state index contributed by atoms with van der Waals surface area (Å²) >= 11 is 4.32. The van der Waals surface area contributed by atoms with Gasteiger partial charge in [-0.25, -0.2) is 0 Å². The molecule has 72 valence electrons. The Morgan fingerprint density at radius 2 is 1.92 bits per heavy atom. The molecule has 0 rings (SSSR count). The van der Waals surface area contributed by atoms with E-state index in [4.69, 9.17) is 9.96 Å². The lowest BCUT2D eigenvalue weighted by atomic mass is 10.6. The molecule has 0 saturated heterocycles. The zero-order chi connectivity index (χ0) is 10.2. The number of hydrogen-bond donors (Lipinski definition) is 4. The van der Waals surface area contributed by atoms with Crippen molar-refractivity contribution in [2.24, 2.45) is 11.5 Å². The Balaban J connectivity index is 0. The average Bonchev–Trinajstić information content (AvgIpc) is 1.80. The first-order chi connectivity index (χ1) is 5.29. The van der Waals surface area contributed by atoms with Gasteiger partial charge in [-0.3, -0.25) is 9.96 Å². The van der Waals surface area contributed by atoms with Gasteiger partial charge in [-0.05, 0) is 11.8 Å². The van der Waals surface area contributed by atoms with E-state index in [0.717, 1.165) is 0 Å². The van der Waals surface area contributed by atoms with Crippen LogP contribution in [0.25, 0.3) is 0 Å². The van der Waals surface area contributed by atoms with Crippen molar-refractivity contribution in [2.75, 3.05) is 5.75 Å². The molecule has 0 heterocycles. The highest BCUT2D eigenvalue weighted by atomic mass is 32.2. The quantitative estimate of drug-likeness (QED) is 0.208. The van der Waals surface area contributed by atoms with Gasteiger partial charge in [0.15, 0.2) is 5.96 Å². The van der Waals surface area contributed by atoms with Crippen LogP contribution in [-0.4, -0.2) is 30.1 Å². The third kappa shape index (κ3) is 34.8. The SMILES string of the molecule is N=C(N)N.O=S(=O)(O)CCC=S. The largest absolute Gasteiger partial charge is 0.370 e. The fraction of sp³-hybridized carbons (Fsp3) is 0.500. The van der Waals surface area contributed by atoms with Gasteiger partial charge in [-0.1, -0.05) is 12.2 Å². The Morgan fingerprint density at radius 1 is 1.58 bits per heavy atom. The highest BCUT2D eigenvalue weighted by Crippen LogP contribution is 1.83. The zero-order valence-corrected chi connectivity index (χ0v) is 7.86. The van der Waals surface area contributed by atoms with E-state index in [0.29, 0.717) is 0 Å². The highest BCUT2D eigenvalue weighted by Gasteiger charge is 1.99. The van der Waals surface area contributed by atoms with Gasteiger partial charge in [0.2, 0.25) is 0 Å². The van der Waals surface area contributed by atoms with Crippen molar-refractivity contribution < 1.29 is 13.0 Å². The summed E-state index contributed by atoms with van der Waals surface area (Å²) in [6, 6.07) is 0. The topological polar surface area (TPSA) is 130 Å². The van der Waals surface area contributed by atoms with Crippen molar-refractivity contribution in [1.82, 2.24) is 0 Å². The minimum absolute atomic E-state index is 0.230. The molecule has 0 aliphatic heterocycles. The molecule has 0 atom stereocenters. The van der Waals surface area contributed by atoms with E-state index in [1.807, 2.05) is 0 Å². The number of rotatable bonds is 3. The van der Waals surface area contributed by atoms with Crippen LogP contribution in [0, 0.1) is 5.41 Å². The molecule has 0 aliphatic rings. The second-order valence-electron chi connectivity index (χ2n) is 1.70. The van der Waals surface area contributed by atoms with Gasteiger partial charge in [0.1, 0.15) is 0 Å². The summed E-state index contributed by atoms with van der Waals surface area (Å²) < 4.78 is 27.8. The Labute approximate surface area is 76.2 Å². The smallest absolute Gasteiger partial charge is 0.265 e. The Kier molecular flexibility index (Phi) is 8.01. The van der Waals surface area contributed by atoms with Crippen LogP contribution in [0.15, 0.2) is 0 Å². The van der Waals surface area contributed by atoms with Crippen LogP contribution in [-0.2, 0) is 10.1 Å². The third-order valence-corrected chi connectivity index (χ3v) is 1.48. The number of nitrogens with two attached hydrogens (primary N) is 2. The maximum atomic E-state index is 9.88. The van der Waals surface area contributed by atoms with Crippen molar-refractivity contribution >= 4 is 33.7 Å². The van der Waals surface area contributed by atoms with E-state index in [9.17, 15) is 8.42 Å². The summed E-state index contributed by atoms with van der Waals surface area (Å²) in [6.07, 6.45) is 0.230. The lowest BCUT2D eigenvalue weighted by Gasteiger charge is -1.86. The number of guanidine groups is 1. The van der Waals surface area contributed by atoms with Gasteiger partial charge in [0.05, 0.1) is 5.75 Å². The van der Waals surface area contributed by atoms with Crippen molar-refractivity contribution in [3.05, 3.63) is 0 Å². The lowest BCUT2D eigenvalue weighted by molar-refractivity contribution is 0.484. The summed E-state index contributed by atoms with van der Waals surface area (Å²) in [5, 5.41) is 7.33. The Bertz CT molecular complexity index is 232. The second-order valence-corrected chi connectivity index (χ2v) is 3.60. The van der Waals surface area contributed by atoms with E-state index in [1.54, 1.807) is 0 Å². The molecular formula is C4H11N3O3S2. The minimum Gasteiger partial charge on any atom is -0.370 e. The van der Waals surface area contributed by atoms with E-state index in [1.165, 1.54) is 5.37 Å². The molecule has 6 nitrogen and oxygen atoms in total. The fourth-order valence-electron chi connectivity index (χ4n) is 0.197. The molecule has 12 heavy (non-hydrogen) atoms. The molecule has 0 aromatic carbocycles. The molecule has 0 aromatic rings. The van der Waals surface area contributed by atoms with Crippen LogP contribution < -0.4 is 11.5 Å². The molecule has 6 N–H and O–H groups in total. The van der Waals surface area contributed by atoms with E-state index < -0.39 is 10.1 Å². The molecule has 0 bridgehead atoms. The first-order valence-electron chi connectivity index (χ1n) is 2.78. The summed E-state index contributed by atoms with van der Waals surface area (Å²) in [6.45, 7) is 0. The van der Waals surface area contributed by atoms with Gasteiger partial charge >= 0.3 is 0 Å². The van der Waals surface area contributed by atoms with Gasteiger partial charge in [-0.2, -0.15) is 8.42 Å². The van der Waals surface area contributed by atoms with Gasteiger partial charge in [0, 0.05) is 0 Å². The molecule has 0 aliphatic carbocycles. The molecule has 0 saturated carbocycles. The molecule has 0 amide bonds. The van der Waals surface area contributed by atoms with Crippen molar-refractivity contribution in [1.29, 1.82) is 5.41 Å². The van der Waals surface area contributed by atoms with Crippen LogP contribution >= 0.6 is 12.2 Å². The maximum Gasteiger partial charge on any atom is 0.265 e. The fourth-order valence-corrected chi connectivity index (χ4v) is 0.880. The maximum absolute atomic E-state index is 9.88. The summed E-state index contributed by atoms with van der Waals surface area (Å²) in [4.78, 5) is 0. The molecule has 8 heteroatoms. The van der Waals surface area contributed by atoms with E-state index in [-0.39, 0.29) is 18.1 Å². The van der Waals surface area contributed by atoms with Gasteiger partial charge < -0.3 is 11.5 Å². The second kappa shape index (κ2) is 6.95. The van der Waals surface area contributed by atoms with E-state index >= 15 is 0 Å². The summed E-state index contributed by atoms with van der Waals surface area (Å²) in [5.41, 5.74) is 8.94. The summed E-state index contributed by atoms with van der Waals surface area (Å²) in [5.74, 6) is -0.601. The Hall–Kier alpha value is -0.730. The summed E-state index contributed by atoms with van der Waals surface area (Å²) in [7, 11) is -3.78. The molecule has 0 spiro atoms. The number of thiocarbonyl (C=S) groups is 1. The third-order valence-electron chi connectivity index (χ3n) is 0.494. The lowest BCUT2D eigenvalue weighted by Crippen LogP contribution is -2.20. The van der Waals surface area contributed by atoms with Crippen LogP contribution in [0.5, 0.6) is 0 Å². The normalized spacial score (nSPS) is 9.42. The molecule has 0 unspecified atom stereocenters. The minimum atomic E-state index is -3.78. The molecular weight excluding hydrogens is 202 g/mol. The molecule has 0 fully saturated rings. The molecule has 0 radical (unpaired) electrons. The van der Waals surface area contributed by atoms with Gasteiger partial charge in [-0.15, -0.1) is 0 Å². The van der Waals surface area contributed by atoms with Crippen LogP contribution in [0.1, 0.15) is 6.42 Å². The predicted octanol–water partition coefficient (Wildman–Crippen LogP) is -0.897. The van der Waals surface area contributed by atoms with Crippen molar-refractivity contribution in [2.45, 2.75) is 6.42 Å². The number of nitrogens with one attached hydrogen (secondary N) is 1. The van der Waals surface area contributed by atoms with E-state index in [2.05, 4.69) is 23.7 Å². The number of hydrogen-bond acceptors (Lipinski definition) is 4. The van der Waals surface area contributed by atoms with Crippen LogP contribution in [0.2, 0.25) is 0 Å². The zero-order valence-electron chi connectivity index (χ0n) is 6.23. The average molecular weight is 213 g/mol. The van der Waals surface area contributed by atoms with Gasteiger partial charge in [0.25, 0.3) is 10.1 Å². The monoisotopic (exact) mass is 213 g/mol. The molecule has 0 aromatic heterocycles. The Morgan fingerprint density at radius 3 is 2.00 bits per heavy atom.